The monoisotopic (exact) mass is 277 g/mol. The summed E-state index contributed by atoms with van der Waals surface area (Å²) in [6, 6.07) is 5.52. The number of aromatic nitrogens is 1. The lowest BCUT2D eigenvalue weighted by Crippen LogP contribution is -2.50. The maximum Gasteiger partial charge on any atom is 0.272 e. The Kier molecular flexibility index (Phi) is 4.60. The van der Waals surface area contributed by atoms with Crippen LogP contribution in [0, 0.1) is 0 Å². The summed E-state index contributed by atoms with van der Waals surface area (Å²) in [7, 11) is 0. The van der Waals surface area contributed by atoms with Crippen LogP contribution in [0.25, 0.3) is 0 Å². The molecule has 0 bridgehead atoms. The van der Waals surface area contributed by atoms with Gasteiger partial charge in [-0.15, -0.1) is 0 Å². The molecule has 1 N–H and O–H groups in total. The van der Waals surface area contributed by atoms with Crippen LogP contribution in [0.5, 0.6) is 0 Å². The number of carbonyl (C=O) groups excluding carboxylic acids is 1. The molecule has 20 heavy (non-hydrogen) atoms. The normalized spacial score (nSPS) is 17.9. The van der Waals surface area contributed by atoms with Crippen LogP contribution >= 0.6 is 0 Å². The molecule has 1 aromatic rings. The minimum Gasteiger partial charge on any atom is -0.372 e. The molecule has 0 aromatic carbocycles. The number of nitrogens with zero attached hydrogens (tertiary/aromatic N) is 2. The second-order valence-electron chi connectivity index (χ2n) is 5.67. The van der Waals surface area contributed by atoms with Crippen molar-refractivity contribution in [1.82, 2.24) is 9.88 Å². The summed E-state index contributed by atoms with van der Waals surface area (Å²) in [6.07, 6.45) is 1.03. The van der Waals surface area contributed by atoms with E-state index < -0.39 is 0 Å². The Morgan fingerprint density at radius 3 is 3.00 bits per heavy atom. The SMILES string of the molecule is CCCNc1cccc(C(=O)N2CCOC(C)(C)C2)n1. The van der Waals surface area contributed by atoms with Gasteiger partial charge in [-0.2, -0.15) is 0 Å². The molecule has 1 aliphatic rings. The molecule has 110 valence electrons. The van der Waals surface area contributed by atoms with E-state index in [4.69, 9.17) is 4.74 Å². The van der Waals surface area contributed by atoms with E-state index in [0.717, 1.165) is 18.8 Å². The second-order valence-corrected chi connectivity index (χ2v) is 5.67. The van der Waals surface area contributed by atoms with Gasteiger partial charge in [-0.05, 0) is 32.4 Å². The Balaban J connectivity index is 2.08. The van der Waals surface area contributed by atoms with Crippen molar-refractivity contribution in [2.24, 2.45) is 0 Å². The summed E-state index contributed by atoms with van der Waals surface area (Å²) in [5.74, 6) is 0.728. The van der Waals surface area contributed by atoms with Crippen molar-refractivity contribution in [3.8, 4) is 0 Å². The van der Waals surface area contributed by atoms with Crippen LogP contribution in [0.2, 0.25) is 0 Å². The lowest BCUT2D eigenvalue weighted by molar-refractivity contribution is -0.0765. The van der Waals surface area contributed by atoms with Gasteiger partial charge in [-0.25, -0.2) is 4.98 Å². The minimum atomic E-state index is -0.286. The first-order valence-electron chi connectivity index (χ1n) is 7.16. The predicted octanol–water partition coefficient (Wildman–Crippen LogP) is 2.15. The molecule has 5 nitrogen and oxygen atoms in total. The number of ether oxygens (including phenoxy) is 1. The van der Waals surface area contributed by atoms with Gasteiger partial charge in [0.25, 0.3) is 5.91 Å². The van der Waals surface area contributed by atoms with Crippen molar-refractivity contribution in [1.29, 1.82) is 0 Å². The van der Waals surface area contributed by atoms with E-state index in [-0.39, 0.29) is 11.5 Å². The van der Waals surface area contributed by atoms with Crippen LogP contribution in [0.15, 0.2) is 18.2 Å². The van der Waals surface area contributed by atoms with E-state index in [0.29, 0.717) is 25.4 Å². The molecule has 1 fully saturated rings. The molecular weight excluding hydrogens is 254 g/mol. The van der Waals surface area contributed by atoms with Crippen LogP contribution in [0.3, 0.4) is 0 Å². The lowest BCUT2D eigenvalue weighted by atomic mass is 10.1. The van der Waals surface area contributed by atoms with Gasteiger partial charge in [0.1, 0.15) is 11.5 Å². The van der Waals surface area contributed by atoms with E-state index in [9.17, 15) is 4.79 Å². The smallest absolute Gasteiger partial charge is 0.272 e. The molecule has 0 saturated carbocycles. The topological polar surface area (TPSA) is 54.5 Å². The Morgan fingerprint density at radius 1 is 1.50 bits per heavy atom. The third-order valence-corrected chi connectivity index (χ3v) is 3.24. The molecule has 2 rings (SSSR count). The van der Waals surface area contributed by atoms with Crippen LogP contribution in [0.4, 0.5) is 5.82 Å². The summed E-state index contributed by atoms with van der Waals surface area (Å²) in [5, 5.41) is 3.20. The molecule has 0 atom stereocenters. The van der Waals surface area contributed by atoms with Crippen molar-refractivity contribution >= 4 is 11.7 Å². The number of hydrogen-bond acceptors (Lipinski definition) is 4. The van der Waals surface area contributed by atoms with E-state index in [1.54, 1.807) is 6.07 Å². The van der Waals surface area contributed by atoms with Crippen molar-refractivity contribution < 1.29 is 9.53 Å². The number of morpholine rings is 1. The van der Waals surface area contributed by atoms with Crippen molar-refractivity contribution in [3.05, 3.63) is 23.9 Å². The average Bonchev–Trinajstić information content (AvgIpc) is 2.43. The van der Waals surface area contributed by atoms with Gasteiger partial charge in [0.2, 0.25) is 0 Å². The van der Waals surface area contributed by atoms with Gasteiger partial charge in [0.05, 0.1) is 12.2 Å². The van der Waals surface area contributed by atoms with Gasteiger partial charge in [-0.3, -0.25) is 4.79 Å². The molecule has 1 saturated heterocycles. The first kappa shape index (κ1) is 14.8. The Morgan fingerprint density at radius 2 is 2.30 bits per heavy atom. The lowest BCUT2D eigenvalue weighted by Gasteiger charge is -2.38. The molecule has 5 heteroatoms. The van der Waals surface area contributed by atoms with E-state index in [1.165, 1.54) is 0 Å². The number of anilines is 1. The summed E-state index contributed by atoms with van der Waals surface area (Å²) in [6.45, 7) is 8.74. The molecule has 0 radical (unpaired) electrons. The van der Waals surface area contributed by atoms with E-state index in [2.05, 4.69) is 17.2 Å². The zero-order valence-corrected chi connectivity index (χ0v) is 12.5. The zero-order valence-electron chi connectivity index (χ0n) is 12.5. The fourth-order valence-corrected chi connectivity index (χ4v) is 2.26. The predicted molar refractivity (Wildman–Crippen MR) is 79.0 cm³/mol. The molecule has 1 amide bonds. The number of nitrogens with one attached hydrogen (secondary N) is 1. The summed E-state index contributed by atoms with van der Waals surface area (Å²) in [5.41, 5.74) is 0.204. The minimum absolute atomic E-state index is 0.0264. The Hall–Kier alpha value is -1.62. The van der Waals surface area contributed by atoms with Crippen LogP contribution in [-0.2, 0) is 4.74 Å². The van der Waals surface area contributed by atoms with Crippen LogP contribution in [0.1, 0.15) is 37.7 Å². The van der Waals surface area contributed by atoms with Crippen molar-refractivity contribution in [2.75, 3.05) is 31.6 Å². The number of amides is 1. The Bertz CT molecular complexity index is 474. The number of pyridine rings is 1. The summed E-state index contributed by atoms with van der Waals surface area (Å²) < 4.78 is 5.63. The molecule has 0 spiro atoms. The highest BCUT2D eigenvalue weighted by Gasteiger charge is 2.30. The quantitative estimate of drug-likeness (QED) is 0.916. The molecule has 0 aliphatic carbocycles. The van der Waals surface area contributed by atoms with Gasteiger partial charge < -0.3 is 15.0 Å². The Labute approximate surface area is 120 Å². The zero-order chi connectivity index (χ0) is 14.6. The second kappa shape index (κ2) is 6.22. The van der Waals surface area contributed by atoms with Crippen molar-refractivity contribution in [2.45, 2.75) is 32.8 Å². The summed E-state index contributed by atoms with van der Waals surface area (Å²) >= 11 is 0. The third-order valence-electron chi connectivity index (χ3n) is 3.24. The third kappa shape index (κ3) is 3.70. The molecule has 1 aromatic heterocycles. The first-order chi connectivity index (χ1) is 9.52. The van der Waals surface area contributed by atoms with E-state index >= 15 is 0 Å². The fraction of sp³-hybridized carbons (Fsp3) is 0.600. The highest BCUT2D eigenvalue weighted by atomic mass is 16.5. The number of carbonyl (C=O) groups is 1. The maximum atomic E-state index is 12.5. The maximum absolute atomic E-state index is 12.5. The first-order valence-corrected chi connectivity index (χ1v) is 7.16. The average molecular weight is 277 g/mol. The van der Waals surface area contributed by atoms with Gasteiger partial charge >= 0.3 is 0 Å². The molecule has 1 aliphatic heterocycles. The highest BCUT2D eigenvalue weighted by molar-refractivity contribution is 5.92. The number of rotatable bonds is 4. The van der Waals surface area contributed by atoms with Gasteiger partial charge in [0, 0.05) is 19.6 Å². The molecule has 2 heterocycles. The van der Waals surface area contributed by atoms with Gasteiger partial charge in [-0.1, -0.05) is 13.0 Å². The highest BCUT2D eigenvalue weighted by Crippen LogP contribution is 2.18. The van der Waals surface area contributed by atoms with Crippen LogP contribution in [-0.4, -0.2) is 47.6 Å². The van der Waals surface area contributed by atoms with Crippen LogP contribution < -0.4 is 5.32 Å². The van der Waals surface area contributed by atoms with Crippen molar-refractivity contribution in [3.63, 3.8) is 0 Å². The van der Waals surface area contributed by atoms with E-state index in [1.807, 2.05) is 30.9 Å². The standard InChI is InChI=1S/C15H23N3O2/c1-4-8-16-13-7-5-6-12(17-13)14(19)18-9-10-20-15(2,3)11-18/h5-7H,4,8-11H2,1-3H3,(H,16,17). The largest absolute Gasteiger partial charge is 0.372 e. The number of hydrogen-bond donors (Lipinski definition) is 1. The fourth-order valence-electron chi connectivity index (χ4n) is 2.26. The molecular formula is C15H23N3O2. The molecule has 0 unspecified atom stereocenters. The van der Waals surface area contributed by atoms with Gasteiger partial charge in [0.15, 0.2) is 0 Å². The summed E-state index contributed by atoms with van der Waals surface area (Å²) in [4.78, 5) is 18.7.